The molecule has 10 heteroatoms. The van der Waals surface area contributed by atoms with Gasteiger partial charge in [-0.1, -0.05) is 24.3 Å². The number of hydrogen-bond donors (Lipinski definition) is 0. The Bertz CT molecular complexity index is 789. The van der Waals surface area contributed by atoms with E-state index in [2.05, 4.69) is 9.17 Å². The molecule has 0 unspecified atom stereocenters. The molecule has 1 heterocycles. The molecular formula is C12H8F5NO3S. The zero-order valence-electron chi connectivity index (χ0n) is 10.6. The molecule has 2 aromatic rings. The number of pyridine rings is 1. The van der Waals surface area contributed by atoms with Crippen molar-refractivity contribution in [2.75, 3.05) is 6.61 Å². The number of rotatable bonds is 4. The maximum atomic E-state index is 13.8. The van der Waals surface area contributed by atoms with Crippen LogP contribution in [0.5, 0.6) is 0 Å². The van der Waals surface area contributed by atoms with Crippen molar-refractivity contribution >= 4 is 21.0 Å². The summed E-state index contributed by atoms with van der Waals surface area (Å²) in [6.07, 6.45) is 0. The summed E-state index contributed by atoms with van der Waals surface area (Å²) in [4.78, 5) is 3.60. The fourth-order valence-corrected chi connectivity index (χ4v) is 2.00. The first-order chi connectivity index (χ1) is 10.0. The van der Waals surface area contributed by atoms with Gasteiger partial charge in [0.2, 0.25) is 0 Å². The summed E-state index contributed by atoms with van der Waals surface area (Å²) in [5.41, 5.74) is -6.46. The Hall–Kier alpha value is -1.81. The smallest absolute Gasteiger partial charge is 0.256 e. The van der Waals surface area contributed by atoms with Crippen molar-refractivity contribution in [2.24, 2.45) is 0 Å². The number of para-hydroxylation sites is 1. The van der Waals surface area contributed by atoms with E-state index >= 15 is 0 Å². The van der Waals surface area contributed by atoms with E-state index in [0.717, 1.165) is 6.07 Å². The number of nitrogens with zero attached hydrogens (tertiary/aromatic N) is 1. The fraction of sp³-hybridized carbons (Fsp3) is 0.250. The maximum absolute atomic E-state index is 13.8. The lowest BCUT2D eigenvalue weighted by atomic mass is 10.1. The summed E-state index contributed by atoms with van der Waals surface area (Å²) in [6.45, 7) is -1.99. The Morgan fingerprint density at radius 1 is 1.00 bits per heavy atom. The van der Waals surface area contributed by atoms with Gasteiger partial charge in [0, 0.05) is 5.39 Å². The molecule has 0 radical (unpaired) electrons. The van der Waals surface area contributed by atoms with Crippen LogP contribution in [0.15, 0.2) is 36.4 Å². The minimum atomic E-state index is -6.09. The second-order valence-electron chi connectivity index (χ2n) is 4.26. The van der Waals surface area contributed by atoms with Gasteiger partial charge in [0.25, 0.3) is 0 Å². The van der Waals surface area contributed by atoms with Crippen LogP contribution in [0.25, 0.3) is 10.9 Å². The molecule has 0 fully saturated rings. The minimum Gasteiger partial charge on any atom is -0.256 e. The lowest BCUT2D eigenvalue weighted by Crippen LogP contribution is -2.31. The van der Waals surface area contributed by atoms with Crippen molar-refractivity contribution in [3.05, 3.63) is 42.1 Å². The van der Waals surface area contributed by atoms with Crippen LogP contribution in [0.4, 0.5) is 22.0 Å². The maximum Gasteiger partial charge on any atom is 0.523 e. The number of halogens is 5. The van der Waals surface area contributed by atoms with Crippen molar-refractivity contribution in [3.8, 4) is 0 Å². The number of fused-ring (bicyclic) bond motifs is 1. The average Bonchev–Trinajstić information content (AvgIpc) is 2.44. The normalized spacial score (nSPS) is 13.5. The highest BCUT2D eigenvalue weighted by Gasteiger charge is 2.49. The molecule has 0 atom stereocenters. The van der Waals surface area contributed by atoms with Gasteiger partial charge in [-0.3, -0.25) is 4.18 Å². The molecule has 0 aliphatic rings. The number of alkyl halides is 5. The Morgan fingerprint density at radius 2 is 1.64 bits per heavy atom. The number of benzene rings is 1. The fourth-order valence-electron chi connectivity index (χ4n) is 1.56. The molecule has 0 spiro atoms. The Kier molecular flexibility index (Phi) is 4.09. The summed E-state index contributed by atoms with van der Waals surface area (Å²) in [6, 6.07) is 8.43. The van der Waals surface area contributed by atoms with E-state index in [4.69, 9.17) is 0 Å². The largest absolute Gasteiger partial charge is 0.523 e. The van der Waals surface area contributed by atoms with Crippen LogP contribution in [0.1, 0.15) is 5.69 Å². The molecule has 22 heavy (non-hydrogen) atoms. The lowest BCUT2D eigenvalue weighted by Gasteiger charge is -2.16. The second-order valence-corrected chi connectivity index (χ2v) is 5.86. The molecule has 0 bridgehead atoms. The van der Waals surface area contributed by atoms with Crippen molar-refractivity contribution in [1.82, 2.24) is 4.98 Å². The van der Waals surface area contributed by atoms with Crippen molar-refractivity contribution < 1.29 is 34.6 Å². The zero-order valence-corrected chi connectivity index (χ0v) is 11.5. The van der Waals surface area contributed by atoms with Crippen LogP contribution in [0, 0.1) is 0 Å². The number of hydrogen-bond acceptors (Lipinski definition) is 4. The van der Waals surface area contributed by atoms with Crippen molar-refractivity contribution in [2.45, 2.75) is 11.4 Å². The summed E-state index contributed by atoms with van der Waals surface area (Å²) in [7, 11) is -6.09. The number of aromatic nitrogens is 1. The monoisotopic (exact) mass is 341 g/mol. The Balaban J connectivity index is 2.25. The third-order valence-corrected chi connectivity index (χ3v) is 3.65. The summed E-state index contributed by atoms with van der Waals surface area (Å²) in [5.74, 6) is -4.00. The molecule has 0 saturated heterocycles. The van der Waals surface area contributed by atoms with Gasteiger partial charge in [0.15, 0.2) is 0 Å². The van der Waals surface area contributed by atoms with Gasteiger partial charge in [0.1, 0.15) is 12.3 Å². The van der Waals surface area contributed by atoms with Gasteiger partial charge < -0.3 is 0 Å². The van der Waals surface area contributed by atoms with Crippen molar-refractivity contribution in [3.63, 3.8) is 0 Å². The van der Waals surface area contributed by atoms with E-state index in [9.17, 15) is 30.4 Å². The van der Waals surface area contributed by atoms with E-state index < -0.39 is 33.8 Å². The third-order valence-electron chi connectivity index (χ3n) is 2.65. The zero-order chi connectivity index (χ0) is 16.6. The molecule has 120 valence electrons. The molecule has 0 amide bonds. The molecule has 1 aromatic carbocycles. The van der Waals surface area contributed by atoms with Gasteiger partial charge in [-0.05, 0) is 12.1 Å². The lowest BCUT2D eigenvalue weighted by molar-refractivity contribution is -0.0761. The van der Waals surface area contributed by atoms with Crippen LogP contribution >= 0.6 is 0 Å². The quantitative estimate of drug-likeness (QED) is 0.487. The molecular weight excluding hydrogens is 333 g/mol. The topological polar surface area (TPSA) is 56.3 Å². The molecule has 0 aliphatic heterocycles. The molecule has 0 N–H and O–H groups in total. The predicted molar refractivity (Wildman–Crippen MR) is 66.6 cm³/mol. The van der Waals surface area contributed by atoms with E-state index in [0.29, 0.717) is 5.39 Å². The minimum absolute atomic E-state index is 0.193. The second kappa shape index (κ2) is 5.43. The first-order valence-electron chi connectivity index (χ1n) is 5.73. The molecule has 0 saturated carbocycles. The SMILES string of the molecule is O=S(=O)(OCC(F)(F)c1ccc2ccccc2n1)C(F)(F)F. The first-order valence-corrected chi connectivity index (χ1v) is 7.13. The predicted octanol–water partition coefficient (Wildman–Crippen LogP) is 3.19. The van der Waals surface area contributed by atoms with Crippen LogP contribution in [0.3, 0.4) is 0 Å². The Labute approximate surface area is 121 Å². The van der Waals surface area contributed by atoms with Gasteiger partial charge in [-0.25, -0.2) is 4.98 Å². The van der Waals surface area contributed by atoms with Gasteiger partial charge >= 0.3 is 21.5 Å². The van der Waals surface area contributed by atoms with Gasteiger partial charge in [0.05, 0.1) is 5.52 Å². The molecule has 1 aromatic heterocycles. The van der Waals surface area contributed by atoms with Crippen LogP contribution < -0.4 is 0 Å². The van der Waals surface area contributed by atoms with Crippen molar-refractivity contribution in [1.29, 1.82) is 0 Å². The van der Waals surface area contributed by atoms with Crippen LogP contribution in [-0.4, -0.2) is 25.5 Å². The van der Waals surface area contributed by atoms with E-state index in [1.807, 2.05) is 0 Å². The summed E-state index contributed by atoms with van der Waals surface area (Å²) >= 11 is 0. The van der Waals surface area contributed by atoms with E-state index in [1.165, 1.54) is 12.1 Å². The highest BCUT2D eigenvalue weighted by molar-refractivity contribution is 7.87. The van der Waals surface area contributed by atoms with Gasteiger partial charge in [-0.15, -0.1) is 0 Å². The third kappa shape index (κ3) is 3.33. The molecule has 4 nitrogen and oxygen atoms in total. The highest BCUT2D eigenvalue weighted by atomic mass is 32.2. The van der Waals surface area contributed by atoms with E-state index in [-0.39, 0.29) is 5.52 Å². The van der Waals surface area contributed by atoms with Gasteiger partial charge in [-0.2, -0.15) is 30.4 Å². The first kappa shape index (κ1) is 16.6. The van der Waals surface area contributed by atoms with E-state index in [1.54, 1.807) is 18.2 Å². The van der Waals surface area contributed by atoms with Crippen LogP contribution in [-0.2, 0) is 20.2 Å². The summed E-state index contributed by atoms with van der Waals surface area (Å²) < 4.78 is 88.4. The standard InChI is InChI=1S/C12H8F5NO3S/c13-11(14,7-21-22(19,20)12(15,16)17)10-6-5-8-3-1-2-4-9(8)18-10/h1-6H,7H2. The molecule has 2 rings (SSSR count). The molecule has 0 aliphatic carbocycles. The average molecular weight is 341 g/mol. The summed E-state index contributed by atoms with van der Waals surface area (Å²) in [5, 5.41) is 0.547. The highest BCUT2D eigenvalue weighted by Crippen LogP contribution is 2.31. The Morgan fingerprint density at radius 3 is 2.27 bits per heavy atom. The van der Waals surface area contributed by atoms with Crippen LogP contribution in [0.2, 0.25) is 0 Å².